The lowest BCUT2D eigenvalue weighted by Crippen LogP contribution is -2.32. The van der Waals surface area contributed by atoms with Gasteiger partial charge in [-0.25, -0.2) is 13.4 Å². The Bertz CT molecular complexity index is 371. The van der Waals surface area contributed by atoms with Crippen LogP contribution in [0.1, 0.15) is 12.7 Å². The number of aromatic amines is 1. The molecule has 0 saturated carbocycles. The van der Waals surface area contributed by atoms with Gasteiger partial charge in [0.15, 0.2) is 9.84 Å². The summed E-state index contributed by atoms with van der Waals surface area (Å²) in [6.07, 6.45) is 3.61. The number of hydrogen-bond acceptors (Lipinski definition) is 4. The summed E-state index contributed by atoms with van der Waals surface area (Å²) in [5.41, 5.74) is 0. The molecule has 0 aliphatic heterocycles. The van der Waals surface area contributed by atoms with Crippen LogP contribution in [0.3, 0.4) is 0 Å². The van der Waals surface area contributed by atoms with Gasteiger partial charge in [-0.15, -0.1) is 0 Å². The molecule has 1 heterocycles. The summed E-state index contributed by atoms with van der Waals surface area (Å²) in [6, 6.07) is 0. The molecule has 1 aromatic rings. The first kappa shape index (κ1) is 11.2. The van der Waals surface area contributed by atoms with Crippen LogP contribution in [0.4, 0.5) is 0 Å². The van der Waals surface area contributed by atoms with E-state index in [1.807, 2.05) is 0 Å². The van der Waals surface area contributed by atoms with Crippen molar-refractivity contribution in [1.29, 1.82) is 0 Å². The number of sulfone groups is 1. The number of aromatic nitrogens is 2. The van der Waals surface area contributed by atoms with Crippen molar-refractivity contribution in [3.05, 3.63) is 18.2 Å². The maximum absolute atomic E-state index is 11.1. The van der Waals surface area contributed by atoms with Gasteiger partial charge in [0.25, 0.3) is 0 Å². The lowest BCUT2D eigenvalue weighted by molar-refractivity contribution is 0.171. The molecule has 5 nitrogen and oxygen atoms in total. The van der Waals surface area contributed by atoms with Crippen LogP contribution in [-0.2, 0) is 16.3 Å². The maximum Gasteiger partial charge on any atom is 0.152 e. The fraction of sp³-hybridized carbons (Fsp3) is 0.625. The third-order valence-electron chi connectivity index (χ3n) is 2.17. The van der Waals surface area contributed by atoms with Crippen molar-refractivity contribution >= 4 is 9.84 Å². The third kappa shape index (κ3) is 2.81. The van der Waals surface area contributed by atoms with E-state index in [2.05, 4.69) is 9.97 Å². The zero-order chi connectivity index (χ0) is 10.8. The van der Waals surface area contributed by atoms with Crippen LogP contribution in [0.5, 0.6) is 0 Å². The zero-order valence-electron chi connectivity index (χ0n) is 8.14. The molecule has 0 fully saturated rings. The molecule has 0 bridgehead atoms. The van der Waals surface area contributed by atoms with Gasteiger partial charge in [0.05, 0.1) is 11.4 Å². The highest BCUT2D eigenvalue weighted by Crippen LogP contribution is 2.08. The molecule has 0 saturated heterocycles. The van der Waals surface area contributed by atoms with Gasteiger partial charge in [-0.3, -0.25) is 0 Å². The molecule has 6 heteroatoms. The van der Waals surface area contributed by atoms with Crippen LogP contribution in [0, 0.1) is 0 Å². The zero-order valence-corrected chi connectivity index (χ0v) is 8.95. The molecule has 0 radical (unpaired) electrons. The number of H-pyrrole nitrogens is 1. The summed E-state index contributed by atoms with van der Waals surface area (Å²) >= 11 is 0. The van der Waals surface area contributed by atoms with E-state index in [0.717, 1.165) is 6.26 Å². The largest absolute Gasteiger partial charge is 0.391 e. The van der Waals surface area contributed by atoms with Gasteiger partial charge in [-0.2, -0.15) is 0 Å². The van der Waals surface area contributed by atoms with Crippen molar-refractivity contribution in [3.63, 3.8) is 0 Å². The molecule has 2 atom stereocenters. The van der Waals surface area contributed by atoms with Crippen LogP contribution in [0.15, 0.2) is 12.4 Å². The highest BCUT2D eigenvalue weighted by molar-refractivity contribution is 7.91. The van der Waals surface area contributed by atoms with Gasteiger partial charge < -0.3 is 10.1 Å². The summed E-state index contributed by atoms with van der Waals surface area (Å²) in [6.45, 7) is 1.49. The molecular formula is C8H14N2O3S. The summed E-state index contributed by atoms with van der Waals surface area (Å²) < 4.78 is 22.2. The highest BCUT2D eigenvalue weighted by atomic mass is 32.2. The van der Waals surface area contributed by atoms with Crippen LogP contribution in [0.25, 0.3) is 0 Å². The lowest BCUT2D eigenvalue weighted by atomic mass is 10.2. The molecule has 2 unspecified atom stereocenters. The fourth-order valence-electron chi connectivity index (χ4n) is 1.06. The number of aliphatic hydroxyl groups excluding tert-OH is 1. The lowest BCUT2D eigenvalue weighted by Gasteiger charge is -2.15. The average molecular weight is 218 g/mol. The first-order chi connectivity index (χ1) is 6.41. The Kier molecular flexibility index (Phi) is 3.28. The quantitative estimate of drug-likeness (QED) is 0.729. The molecule has 2 N–H and O–H groups in total. The SMILES string of the molecule is CC(C(O)Cc1ncc[nH]1)S(C)(=O)=O. The highest BCUT2D eigenvalue weighted by Gasteiger charge is 2.24. The van der Waals surface area contributed by atoms with Crippen LogP contribution < -0.4 is 0 Å². The first-order valence-electron chi connectivity index (χ1n) is 4.26. The van der Waals surface area contributed by atoms with Crippen molar-refractivity contribution in [3.8, 4) is 0 Å². The fourth-order valence-corrected chi connectivity index (χ4v) is 1.73. The van der Waals surface area contributed by atoms with E-state index >= 15 is 0 Å². The van der Waals surface area contributed by atoms with Gasteiger partial charge in [0.1, 0.15) is 5.82 Å². The van der Waals surface area contributed by atoms with E-state index < -0.39 is 21.2 Å². The normalized spacial score (nSPS) is 16.5. The van der Waals surface area contributed by atoms with Crippen molar-refractivity contribution in [1.82, 2.24) is 9.97 Å². The Morgan fingerprint density at radius 3 is 2.71 bits per heavy atom. The van der Waals surface area contributed by atoms with E-state index in [1.165, 1.54) is 6.92 Å². The van der Waals surface area contributed by atoms with E-state index in [4.69, 9.17) is 0 Å². The molecule has 0 aliphatic carbocycles. The van der Waals surface area contributed by atoms with Gasteiger partial charge in [0.2, 0.25) is 0 Å². The van der Waals surface area contributed by atoms with Crippen LogP contribution in [0.2, 0.25) is 0 Å². The smallest absolute Gasteiger partial charge is 0.152 e. The Labute approximate surface area is 83.1 Å². The number of imidazole rings is 1. The predicted molar refractivity (Wildman–Crippen MR) is 52.6 cm³/mol. The average Bonchev–Trinajstić information content (AvgIpc) is 2.53. The van der Waals surface area contributed by atoms with Gasteiger partial charge in [0, 0.05) is 25.1 Å². The van der Waals surface area contributed by atoms with E-state index in [1.54, 1.807) is 12.4 Å². The molecule has 1 rings (SSSR count). The molecular weight excluding hydrogens is 204 g/mol. The van der Waals surface area contributed by atoms with Crippen LogP contribution >= 0.6 is 0 Å². The third-order valence-corrected chi connectivity index (χ3v) is 3.84. The molecule has 0 amide bonds. The second-order valence-corrected chi connectivity index (χ2v) is 5.74. The van der Waals surface area contributed by atoms with Gasteiger partial charge in [-0.05, 0) is 6.92 Å². The van der Waals surface area contributed by atoms with E-state index in [0.29, 0.717) is 5.82 Å². The molecule has 0 aliphatic rings. The summed E-state index contributed by atoms with van der Waals surface area (Å²) in [7, 11) is -3.20. The molecule has 1 aromatic heterocycles. The number of nitrogens with one attached hydrogen (secondary N) is 1. The number of nitrogens with zero attached hydrogens (tertiary/aromatic N) is 1. The minimum absolute atomic E-state index is 0.223. The first-order valence-corrected chi connectivity index (χ1v) is 6.22. The van der Waals surface area contributed by atoms with E-state index in [-0.39, 0.29) is 6.42 Å². The second kappa shape index (κ2) is 4.10. The van der Waals surface area contributed by atoms with Gasteiger partial charge in [-0.1, -0.05) is 0 Å². The van der Waals surface area contributed by atoms with Crippen molar-refractivity contribution in [2.24, 2.45) is 0 Å². The van der Waals surface area contributed by atoms with E-state index in [9.17, 15) is 13.5 Å². The monoisotopic (exact) mass is 218 g/mol. The number of aliphatic hydroxyl groups is 1. The van der Waals surface area contributed by atoms with Gasteiger partial charge >= 0.3 is 0 Å². The topological polar surface area (TPSA) is 83.1 Å². The Morgan fingerprint density at radius 2 is 2.29 bits per heavy atom. The van der Waals surface area contributed by atoms with Crippen molar-refractivity contribution in [2.45, 2.75) is 24.7 Å². The second-order valence-electron chi connectivity index (χ2n) is 3.34. The molecule has 0 aromatic carbocycles. The number of hydrogen-bond donors (Lipinski definition) is 2. The minimum Gasteiger partial charge on any atom is -0.391 e. The molecule has 80 valence electrons. The summed E-state index contributed by atoms with van der Waals surface area (Å²) in [5.74, 6) is 0.591. The molecule has 0 spiro atoms. The van der Waals surface area contributed by atoms with Crippen molar-refractivity contribution in [2.75, 3.05) is 6.26 Å². The Morgan fingerprint density at radius 1 is 1.64 bits per heavy atom. The Hall–Kier alpha value is -0.880. The summed E-state index contributed by atoms with van der Waals surface area (Å²) in [4.78, 5) is 6.72. The van der Waals surface area contributed by atoms with Crippen molar-refractivity contribution < 1.29 is 13.5 Å². The predicted octanol–water partition coefficient (Wildman–Crippen LogP) is -0.254. The minimum atomic E-state index is -3.20. The molecule has 14 heavy (non-hydrogen) atoms. The number of rotatable bonds is 4. The Balaban J connectivity index is 2.63. The maximum atomic E-state index is 11.1. The standard InChI is InChI=1S/C8H14N2O3S/c1-6(14(2,12)13)7(11)5-8-9-3-4-10-8/h3-4,6-7,11H,5H2,1-2H3,(H,9,10). The summed E-state index contributed by atoms with van der Waals surface area (Å²) in [5, 5.41) is 8.82. The van der Waals surface area contributed by atoms with Crippen LogP contribution in [-0.4, -0.2) is 41.1 Å².